The van der Waals surface area contributed by atoms with E-state index >= 15 is 0 Å². The number of amides is 1. The van der Waals surface area contributed by atoms with Gasteiger partial charge >= 0.3 is 0 Å². The zero-order valence-electron chi connectivity index (χ0n) is 8.18. The summed E-state index contributed by atoms with van der Waals surface area (Å²) in [5.41, 5.74) is -0.216. The van der Waals surface area contributed by atoms with Gasteiger partial charge in [-0.25, -0.2) is 0 Å². The van der Waals surface area contributed by atoms with Crippen LogP contribution in [0.4, 0.5) is 14.5 Å². The van der Waals surface area contributed by atoms with Crippen LogP contribution in [0.2, 0.25) is 10.0 Å². The molecule has 1 saturated heterocycles. The fraction of sp³-hybridized carbons (Fsp3) is 0.333. The number of carbonyl (C=O) groups is 1. The fourth-order valence-electron chi connectivity index (χ4n) is 1.59. The highest BCUT2D eigenvalue weighted by Gasteiger charge is 2.34. The van der Waals surface area contributed by atoms with E-state index in [1.54, 1.807) is 0 Å². The van der Waals surface area contributed by atoms with Crippen LogP contribution in [0.3, 0.4) is 0 Å². The summed E-state index contributed by atoms with van der Waals surface area (Å²) in [6.07, 6.45) is 0.0692. The topological polar surface area (TPSA) is 33.2 Å². The highest BCUT2D eigenvalue weighted by atomic mass is 35.5. The maximum atomic E-state index is 13.2. The number of hydrogen-bond acceptors (Lipinski definition) is 2. The van der Waals surface area contributed by atoms with Crippen LogP contribution < -0.4 is 4.90 Å². The Morgan fingerprint density at radius 2 is 1.76 bits per heavy atom. The molecule has 0 radical (unpaired) electrons. The van der Waals surface area contributed by atoms with E-state index < -0.39 is 27.3 Å². The largest absolute Gasteiger partial charge is 0.308 e. The molecule has 0 N–H and O–H groups in total. The number of alkyl halides is 1. The fourth-order valence-corrected chi connectivity index (χ4v) is 2.39. The Labute approximate surface area is 110 Å². The molecule has 0 spiro atoms. The Bertz CT molecular complexity index is 471. The van der Waals surface area contributed by atoms with Gasteiger partial charge in [0.15, 0.2) is 0 Å². The van der Waals surface area contributed by atoms with Gasteiger partial charge in [-0.1, -0.05) is 23.2 Å². The molecule has 1 fully saturated rings. The minimum atomic E-state index is -1.21. The minimum Gasteiger partial charge on any atom is -0.308 e. The van der Waals surface area contributed by atoms with Crippen LogP contribution in [-0.4, -0.2) is 22.8 Å². The predicted molar refractivity (Wildman–Crippen MR) is 60.8 cm³/mol. The van der Waals surface area contributed by atoms with E-state index in [2.05, 4.69) is 4.98 Å². The molecule has 1 atom stereocenters. The van der Waals surface area contributed by atoms with E-state index in [1.165, 1.54) is 0 Å². The quantitative estimate of drug-likeness (QED) is 0.590. The van der Waals surface area contributed by atoms with E-state index in [-0.39, 0.29) is 24.6 Å². The molecule has 0 aromatic carbocycles. The van der Waals surface area contributed by atoms with Gasteiger partial charge in [-0.15, -0.1) is 11.6 Å². The lowest BCUT2D eigenvalue weighted by Gasteiger charge is -2.19. The molecular weight excluding hydrogens is 296 g/mol. The van der Waals surface area contributed by atoms with Crippen molar-refractivity contribution in [2.75, 3.05) is 11.4 Å². The molecule has 0 bridgehead atoms. The molecule has 3 nitrogen and oxygen atoms in total. The van der Waals surface area contributed by atoms with Crippen LogP contribution >= 0.6 is 34.8 Å². The summed E-state index contributed by atoms with van der Waals surface area (Å²) < 4.78 is 26.4. The van der Waals surface area contributed by atoms with Crippen molar-refractivity contribution in [2.24, 2.45) is 0 Å². The second-order valence-electron chi connectivity index (χ2n) is 3.48. The minimum absolute atomic E-state index is 0.0692. The number of carbonyl (C=O) groups excluding carboxylic acids is 1. The Balaban J connectivity index is 2.55. The molecule has 1 unspecified atom stereocenters. The normalized spacial score (nSPS) is 20.2. The average Bonchev–Trinajstić information content (AvgIpc) is 2.56. The second-order valence-corrected chi connectivity index (χ2v) is 4.85. The number of aromatic nitrogens is 1. The summed E-state index contributed by atoms with van der Waals surface area (Å²) in [6, 6.07) is 0. The van der Waals surface area contributed by atoms with Gasteiger partial charge in [0, 0.05) is 13.0 Å². The SMILES string of the molecule is O=C1CC(Cl)CN1c1c(Cl)c(F)nc(F)c1Cl. The average molecular weight is 302 g/mol. The molecule has 17 heavy (non-hydrogen) atoms. The highest BCUT2D eigenvalue weighted by Crippen LogP contribution is 2.38. The standard InChI is InChI=1S/C9H5Cl3F2N2O/c10-3-1-4(17)16(2-3)7-5(11)8(13)15-9(14)6(7)12/h3H,1-2H2. The molecule has 1 aliphatic heterocycles. The first-order valence-electron chi connectivity index (χ1n) is 4.56. The molecule has 1 aliphatic rings. The second kappa shape index (κ2) is 4.55. The maximum Gasteiger partial charge on any atom is 0.236 e. The zero-order chi connectivity index (χ0) is 12.7. The van der Waals surface area contributed by atoms with Crippen LogP contribution in [0.5, 0.6) is 0 Å². The van der Waals surface area contributed by atoms with Crippen molar-refractivity contribution >= 4 is 46.4 Å². The first-order valence-corrected chi connectivity index (χ1v) is 5.75. The molecule has 2 rings (SSSR count). The Morgan fingerprint density at radius 3 is 2.18 bits per heavy atom. The molecule has 1 aromatic heterocycles. The lowest BCUT2D eigenvalue weighted by molar-refractivity contribution is -0.117. The van der Waals surface area contributed by atoms with Gasteiger partial charge < -0.3 is 4.90 Å². The number of rotatable bonds is 1. The van der Waals surface area contributed by atoms with Crippen molar-refractivity contribution in [1.29, 1.82) is 0 Å². The smallest absolute Gasteiger partial charge is 0.236 e. The first kappa shape index (κ1) is 12.8. The van der Waals surface area contributed by atoms with Crippen molar-refractivity contribution in [1.82, 2.24) is 4.98 Å². The van der Waals surface area contributed by atoms with Gasteiger partial charge in [0.05, 0.1) is 11.1 Å². The van der Waals surface area contributed by atoms with Crippen LogP contribution in [0.1, 0.15) is 6.42 Å². The van der Waals surface area contributed by atoms with Gasteiger partial charge in [-0.2, -0.15) is 13.8 Å². The summed E-state index contributed by atoms with van der Waals surface area (Å²) in [5.74, 6) is -2.82. The summed E-state index contributed by atoms with van der Waals surface area (Å²) in [5, 5.41) is -1.42. The van der Waals surface area contributed by atoms with E-state index in [0.717, 1.165) is 4.90 Å². The Kier molecular flexibility index (Phi) is 3.43. The molecule has 0 saturated carbocycles. The molecular formula is C9H5Cl3F2N2O. The van der Waals surface area contributed by atoms with E-state index in [4.69, 9.17) is 34.8 Å². The van der Waals surface area contributed by atoms with Gasteiger partial charge in [-0.3, -0.25) is 4.79 Å². The molecule has 0 aliphatic carbocycles. The molecule has 2 heterocycles. The third-order valence-electron chi connectivity index (χ3n) is 2.32. The zero-order valence-corrected chi connectivity index (χ0v) is 10.5. The monoisotopic (exact) mass is 300 g/mol. The summed E-state index contributed by atoms with van der Waals surface area (Å²) in [6.45, 7) is 0.0999. The maximum absolute atomic E-state index is 13.2. The number of pyridine rings is 1. The van der Waals surface area contributed by atoms with Crippen molar-refractivity contribution in [3.05, 3.63) is 21.9 Å². The van der Waals surface area contributed by atoms with Gasteiger partial charge in [0.2, 0.25) is 17.8 Å². The van der Waals surface area contributed by atoms with E-state index in [1.807, 2.05) is 0 Å². The number of nitrogens with zero attached hydrogens (tertiary/aromatic N) is 2. The van der Waals surface area contributed by atoms with E-state index in [9.17, 15) is 13.6 Å². The van der Waals surface area contributed by atoms with Gasteiger partial charge in [0.25, 0.3) is 0 Å². The van der Waals surface area contributed by atoms with Crippen molar-refractivity contribution in [3.63, 3.8) is 0 Å². The molecule has 1 amide bonds. The summed E-state index contributed by atoms with van der Waals surface area (Å²) in [7, 11) is 0. The summed E-state index contributed by atoms with van der Waals surface area (Å²) >= 11 is 17.1. The summed E-state index contributed by atoms with van der Waals surface area (Å²) in [4.78, 5) is 15.5. The third kappa shape index (κ3) is 2.19. The number of anilines is 1. The van der Waals surface area contributed by atoms with Gasteiger partial charge in [-0.05, 0) is 0 Å². The lowest BCUT2D eigenvalue weighted by Crippen LogP contribution is -2.26. The molecule has 92 valence electrons. The van der Waals surface area contributed by atoms with Crippen molar-refractivity contribution < 1.29 is 13.6 Å². The molecule has 1 aromatic rings. The van der Waals surface area contributed by atoms with Crippen molar-refractivity contribution in [2.45, 2.75) is 11.8 Å². The van der Waals surface area contributed by atoms with Crippen LogP contribution in [-0.2, 0) is 4.79 Å². The third-order valence-corrected chi connectivity index (χ3v) is 3.28. The highest BCUT2D eigenvalue weighted by molar-refractivity contribution is 6.40. The number of halogens is 5. The van der Waals surface area contributed by atoms with Crippen molar-refractivity contribution in [3.8, 4) is 0 Å². The number of hydrogen-bond donors (Lipinski definition) is 0. The Morgan fingerprint density at radius 1 is 1.24 bits per heavy atom. The van der Waals surface area contributed by atoms with Gasteiger partial charge in [0.1, 0.15) is 10.0 Å². The van der Waals surface area contributed by atoms with E-state index in [0.29, 0.717) is 0 Å². The van der Waals surface area contributed by atoms with Crippen LogP contribution in [0.15, 0.2) is 0 Å². The van der Waals surface area contributed by atoms with Crippen LogP contribution in [0.25, 0.3) is 0 Å². The van der Waals surface area contributed by atoms with Crippen LogP contribution in [0, 0.1) is 11.9 Å². The Hall–Kier alpha value is -0.650. The molecule has 8 heteroatoms. The first-order chi connectivity index (χ1) is 7.91. The lowest BCUT2D eigenvalue weighted by atomic mass is 10.3. The predicted octanol–water partition coefficient (Wildman–Crippen LogP) is 3.01.